The van der Waals surface area contributed by atoms with Crippen molar-refractivity contribution in [2.75, 3.05) is 18.5 Å². The SMILES string of the molecule is NC(=O)CCNC(=O)c1ccccc1NC(=O)C1COc2ccc(Cl)cc2C1. The van der Waals surface area contributed by atoms with Crippen molar-refractivity contribution < 1.29 is 19.1 Å². The van der Waals surface area contributed by atoms with E-state index >= 15 is 0 Å². The Kier molecular flexibility index (Phi) is 6.16. The summed E-state index contributed by atoms with van der Waals surface area (Å²) in [5.74, 6) is -0.823. The molecule has 2 aromatic rings. The van der Waals surface area contributed by atoms with E-state index in [4.69, 9.17) is 22.1 Å². The summed E-state index contributed by atoms with van der Waals surface area (Å²) >= 11 is 6.02. The maximum atomic E-state index is 12.7. The van der Waals surface area contributed by atoms with Gasteiger partial charge in [0.05, 0.1) is 17.2 Å². The van der Waals surface area contributed by atoms with Crippen LogP contribution in [0.4, 0.5) is 5.69 Å². The molecule has 146 valence electrons. The second-order valence-corrected chi connectivity index (χ2v) is 6.91. The van der Waals surface area contributed by atoms with Crippen LogP contribution in [0.1, 0.15) is 22.3 Å². The summed E-state index contributed by atoms with van der Waals surface area (Å²) in [4.78, 5) is 35.9. The van der Waals surface area contributed by atoms with Crippen LogP contribution in [0, 0.1) is 5.92 Å². The molecule has 1 unspecified atom stereocenters. The molecule has 3 amide bonds. The van der Waals surface area contributed by atoms with Crippen molar-refractivity contribution in [2.24, 2.45) is 11.7 Å². The average Bonchev–Trinajstić information content (AvgIpc) is 2.67. The number of ether oxygens (including phenoxy) is 1. The highest BCUT2D eigenvalue weighted by atomic mass is 35.5. The van der Waals surface area contributed by atoms with E-state index in [1.54, 1.807) is 42.5 Å². The average molecular weight is 402 g/mol. The summed E-state index contributed by atoms with van der Waals surface area (Å²) in [7, 11) is 0. The van der Waals surface area contributed by atoms with Crippen molar-refractivity contribution in [2.45, 2.75) is 12.8 Å². The number of hydrogen-bond donors (Lipinski definition) is 3. The monoisotopic (exact) mass is 401 g/mol. The number of anilines is 1. The number of carbonyl (C=O) groups excluding carboxylic acids is 3. The molecule has 28 heavy (non-hydrogen) atoms. The maximum Gasteiger partial charge on any atom is 0.253 e. The second-order valence-electron chi connectivity index (χ2n) is 6.47. The van der Waals surface area contributed by atoms with Gasteiger partial charge in [0.2, 0.25) is 11.8 Å². The quantitative estimate of drug-likeness (QED) is 0.688. The molecule has 0 radical (unpaired) electrons. The van der Waals surface area contributed by atoms with Gasteiger partial charge in [0.25, 0.3) is 5.91 Å². The molecule has 1 aliphatic rings. The van der Waals surface area contributed by atoms with Crippen LogP contribution < -0.4 is 21.1 Å². The predicted molar refractivity (Wildman–Crippen MR) is 105 cm³/mol. The lowest BCUT2D eigenvalue weighted by Gasteiger charge is -2.25. The fraction of sp³-hybridized carbons (Fsp3) is 0.250. The van der Waals surface area contributed by atoms with Crippen LogP contribution in [0.15, 0.2) is 42.5 Å². The Morgan fingerprint density at radius 1 is 1.18 bits per heavy atom. The Morgan fingerprint density at radius 2 is 1.96 bits per heavy atom. The number of amides is 3. The van der Waals surface area contributed by atoms with Gasteiger partial charge < -0.3 is 21.1 Å². The van der Waals surface area contributed by atoms with E-state index in [0.29, 0.717) is 22.7 Å². The molecular formula is C20H20ClN3O4. The van der Waals surface area contributed by atoms with Crippen molar-refractivity contribution in [3.05, 3.63) is 58.6 Å². The number of primary amides is 1. The van der Waals surface area contributed by atoms with Crippen molar-refractivity contribution in [1.82, 2.24) is 5.32 Å². The molecule has 3 rings (SSSR count). The van der Waals surface area contributed by atoms with Gasteiger partial charge in [0.15, 0.2) is 0 Å². The van der Waals surface area contributed by atoms with Gasteiger partial charge in [0.1, 0.15) is 12.4 Å². The Morgan fingerprint density at radius 3 is 2.75 bits per heavy atom. The first-order valence-electron chi connectivity index (χ1n) is 8.81. The van der Waals surface area contributed by atoms with Gasteiger partial charge >= 0.3 is 0 Å². The first-order chi connectivity index (χ1) is 13.4. The number of hydrogen-bond acceptors (Lipinski definition) is 4. The van der Waals surface area contributed by atoms with E-state index in [0.717, 1.165) is 11.3 Å². The van der Waals surface area contributed by atoms with Crippen molar-refractivity contribution >= 4 is 35.0 Å². The van der Waals surface area contributed by atoms with Gasteiger partial charge in [-0.25, -0.2) is 0 Å². The highest BCUT2D eigenvalue weighted by molar-refractivity contribution is 6.30. The van der Waals surface area contributed by atoms with Crippen LogP contribution in [-0.2, 0) is 16.0 Å². The summed E-state index contributed by atoms with van der Waals surface area (Å²) in [6, 6.07) is 12.0. The molecule has 0 bridgehead atoms. The fourth-order valence-electron chi connectivity index (χ4n) is 2.95. The minimum absolute atomic E-state index is 0.0433. The predicted octanol–water partition coefficient (Wildman–Crippen LogP) is 2.13. The van der Waals surface area contributed by atoms with Crippen LogP contribution in [-0.4, -0.2) is 30.9 Å². The molecule has 0 saturated carbocycles. The molecule has 1 aliphatic heterocycles. The van der Waals surface area contributed by atoms with E-state index in [1.807, 2.05) is 0 Å². The van der Waals surface area contributed by atoms with Gasteiger partial charge in [-0.05, 0) is 42.3 Å². The van der Waals surface area contributed by atoms with Gasteiger partial charge in [-0.2, -0.15) is 0 Å². The summed E-state index contributed by atoms with van der Waals surface area (Å²) < 4.78 is 5.66. The fourth-order valence-corrected chi connectivity index (χ4v) is 3.15. The minimum Gasteiger partial charge on any atom is -0.492 e. The van der Waals surface area contributed by atoms with Crippen molar-refractivity contribution in [1.29, 1.82) is 0 Å². The molecule has 0 aliphatic carbocycles. The normalized spacial score (nSPS) is 15.1. The Labute approximate surface area is 167 Å². The third-order valence-electron chi connectivity index (χ3n) is 4.39. The summed E-state index contributed by atoms with van der Waals surface area (Å²) in [6.45, 7) is 0.373. The van der Waals surface area contributed by atoms with Crippen LogP contribution in [0.5, 0.6) is 5.75 Å². The van der Waals surface area contributed by atoms with Crippen LogP contribution in [0.2, 0.25) is 5.02 Å². The smallest absolute Gasteiger partial charge is 0.253 e. The molecule has 7 nitrogen and oxygen atoms in total. The number of para-hydroxylation sites is 1. The zero-order valence-corrected chi connectivity index (χ0v) is 15.8. The van der Waals surface area contributed by atoms with Gasteiger partial charge in [-0.1, -0.05) is 23.7 Å². The summed E-state index contributed by atoms with van der Waals surface area (Å²) in [5, 5.41) is 6.00. The topological polar surface area (TPSA) is 111 Å². The number of benzene rings is 2. The lowest BCUT2D eigenvalue weighted by Crippen LogP contribution is -2.34. The standard InChI is InChI=1S/C20H20ClN3O4/c21-14-5-6-17-12(10-14)9-13(11-28-17)19(26)24-16-4-2-1-3-15(16)20(27)23-8-7-18(22)25/h1-6,10,13H,7-9,11H2,(H2,22,25)(H,23,27)(H,24,26). The van der Waals surface area contributed by atoms with Gasteiger partial charge in [-0.3, -0.25) is 14.4 Å². The minimum atomic E-state index is -0.500. The molecular weight excluding hydrogens is 382 g/mol. The highest BCUT2D eigenvalue weighted by Gasteiger charge is 2.27. The van der Waals surface area contributed by atoms with Crippen molar-refractivity contribution in [3.8, 4) is 5.75 Å². The van der Waals surface area contributed by atoms with E-state index in [2.05, 4.69) is 10.6 Å². The van der Waals surface area contributed by atoms with E-state index in [-0.39, 0.29) is 25.5 Å². The molecule has 8 heteroatoms. The third-order valence-corrected chi connectivity index (χ3v) is 4.62. The summed E-state index contributed by atoms with van der Waals surface area (Å²) in [6.07, 6.45) is 0.538. The molecule has 4 N–H and O–H groups in total. The molecule has 0 saturated heterocycles. The zero-order valence-electron chi connectivity index (χ0n) is 15.0. The first kappa shape index (κ1) is 19.7. The van der Waals surface area contributed by atoms with E-state index < -0.39 is 17.7 Å². The Balaban J connectivity index is 1.68. The lowest BCUT2D eigenvalue weighted by atomic mass is 9.96. The number of fused-ring (bicyclic) bond motifs is 1. The van der Waals surface area contributed by atoms with E-state index in [1.165, 1.54) is 0 Å². The Bertz CT molecular complexity index is 916. The Hall–Kier alpha value is -3.06. The molecule has 0 aromatic heterocycles. The maximum absolute atomic E-state index is 12.7. The van der Waals surface area contributed by atoms with Crippen molar-refractivity contribution in [3.63, 3.8) is 0 Å². The largest absolute Gasteiger partial charge is 0.492 e. The number of rotatable bonds is 6. The van der Waals surface area contributed by atoms with Crippen LogP contribution in [0.25, 0.3) is 0 Å². The van der Waals surface area contributed by atoms with Gasteiger partial charge in [0, 0.05) is 18.0 Å². The number of halogens is 1. The molecule has 0 spiro atoms. The van der Waals surface area contributed by atoms with Gasteiger partial charge in [-0.15, -0.1) is 0 Å². The number of nitrogens with two attached hydrogens (primary N) is 1. The third kappa shape index (κ3) is 4.80. The van der Waals surface area contributed by atoms with Crippen LogP contribution in [0.3, 0.4) is 0 Å². The molecule has 0 fully saturated rings. The summed E-state index contributed by atoms with van der Waals surface area (Å²) in [5.41, 5.74) is 6.64. The molecule has 2 aromatic carbocycles. The molecule has 1 heterocycles. The number of nitrogens with one attached hydrogen (secondary N) is 2. The lowest BCUT2D eigenvalue weighted by molar-refractivity contribution is -0.121. The zero-order chi connectivity index (χ0) is 20.1. The van der Waals surface area contributed by atoms with Crippen LogP contribution >= 0.6 is 11.6 Å². The highest BCUT2D eigenvalue weighted by Crippen LogP contribution is 2.30. The van der Waals surface area contributed by atoms with E-state index in [9.17, 15) is 14.4 Å². The first-order valence-corrected chi connectivity index (χ1v) is 9.19. The number of carbonyl (C=O) groups is 3. The second kappa shape index (κ2) is 8.75. The molecule has 1 atom stereocenters.